The van der Waals surface area contributed by atoms with Gasteiger partial charge < -0.3 is 0 Å². The number of aromatic nitrogens is 2. The van der Waals surface area contributed by atoms with Crippen molar-refractivity contribution in [2.45, 2.75) is 0 Å². The van der Waals surface area contributed by atoms with Crippen LogP contribution in [0.25, 0.3) is 43.4 Å². The summed E-state index contributed by atoms with van der Waals surface area (Å²) in [6.07, 6.45) is 0. The molecule has 0 bridgehead atoms. The van der Waals surface area contributed by atoms with E-state index in [9.17, 15) is 19.3 Å². The zero-order valence-corrected chi connectivity index (χ0v) is 15.9. The largest absolute Gasteiger partial charge is 0.271 e. The fourth-order valence-electron chi connectivity index (χ4n) is 4.03. The van der Waals surface area contributed by atoms with Gasteiger partial charge in [0.15, 0.2) is 0 Å². The molecule has 2 aliphatic carbocycles. The fraction of sp³-hybridized carbons (Fsp3) is 0. The van der Waals surface area contributed by atoms with Crippen molar-refractivity contribution in [1.29, 1.82) is 10.5 Å². The van der Waals surface area contributed by atoms with Gasteiger partial charge in [-0.2, -0.15) is 0 Å². The molecule has 0 radical (unpaired) electrons. The molecule has 3 aromatic rings. The molecule has 32 heavy (non-hydrogen) atoms. The molecule has 0 atom stereocenters. The van der Waals surface area contributed by atoms with Gasteiger partial charge in [-0.1, -0.05) is 0 Å². The molecule has 2 aliphatic rings. The zero-order valence-electron chi connectivity index (χ0n) is 15.9. The average molecular weight is 416 g/mol. The molecule has 1 heterocycles. The molecule has 0 amide bonds. The van der Waals surface area contributed by atoms with E-state index >= 15 is 0 Å². The summed E-state index contributed by atoms with van der Waals surface area (Å²) in [5.41, 5.74) is 2.35. The Labute approximate surface area is 180 Å². The lowest BCUT2D eigenvalue weighted by atomic mass is 10.0. The van der Waals surface area contributed by atoms with E-state index in [1.54, 1.807) is 0 Å². The molecule has 0 fully saturated rings. The predicted octanol–water partition coefficient (Wildman–Crippen LogP) is 5.12. The summed E-state index contributed by atoms with van der Waals surface area (Å²) in [7, 11) is 0. The number of halogens is 2. The van der Waals surface area contributed by atoms with Crippen molar-refractivity contribution in [3.05, 3.63) is 105 Å². The standard InChI is InChI=1S/C24H6F2N6/c1-29-17(9-27)19-15-7-11(25)3-5-13(15)21-23(19)31-22-14-6-4-12(26)8-16(14)20(24(22)32-21)18(10-28)30-2/h3-8H/b19-17-,20-18+. The quantitative estimate of drug-likeness (QED) is 0.259. The normalized spacial score (nSPS) is 15.2. The van der Waals surface area contributed by atoms with Gasteiger partial charge in [-0.05, 0) is 47.5 Å². The van der Waals surface area contributed by atoms with Crippen molar-refractivity contribution < 1.29 is 8.78 Å². The van der Waals surface area contributed by atoms with E-state index in [-0.39, 0.29) is 45.3 Å². The van der Waals surface area contributed by atoms with E-state index in [1.165, 1.54) is 36.4 Å². The van der Waals surface area contributed by atoms with Gasteiger partial charge in [-0.25, -0.2) is 39.0 Å². The number of allylic oxidation sites excluding steroid dienone is 2. The topological polar surface area (TPSA) is 82.1 Å². The Kier molecular flexibility index (Phi) is 3.93. The summed E-state index contributed by atoms with van der Waals surface area (Å²) in [6.45, 7) is 14.8. The van der Waals surface area contributed by atoms with Crippen molar-refractivity contribution in [2.75, 3.05) is 0 Å². The van der Waals surface area contributed by atoms with Crippen LogP contribution in [0.4, 0.5) is 8.78 Å². The molecule has 0 N–H and O–H groups in total. The summed E-state index contributed by atoms with van der Waals surface area (Å²) in [6, 6.07) is 11.5. The van der Waals surface area contributed by atoms with E-state index in [0.29, 0.717) is 22.3 Å². The maximum atomic E-state index is 14.0. The molecular weight excluding hydrogens is 410 g/mol. The molecule has 0 aliphatic heterocycles. The first kappa shape index (κ1) is 18.8. The van der Waals surface area contributed by atoms with E-state index in [4.69, 9.17) is 13.1 Å². The van der Waals surface area contributed by atoms with Gasteiger partial charge >= 0.3 is 0 Å². The monoisotopic (exact) mass is 416 g/mol. The summed E-state index contributed by atoms with van der Waals surface area (Å²) >= 11 is 0. The van der Waals surface area contributed by atoms with E-state index in [0.717, 1.165) is 0 Å². The van der Waals surface area contributed by atoms with Crippen LogP contribution in [-0.4, -0.2) is 9.97 Å². The number of fused-ring (bicyclic) bond motifs is 6. The molecule has 2 aromatic carbocycles. The highest BCUT2D eigenvalue weighted by atomic mass is 19.1. The molecular formula is C24H6F2N6. The molecule has 1 aromatic heterocycles. The van der Waals surface area contributed by atoms with Crippen LogP contribution in [0.5, 0.6) is 0 Å². The van der Waals surface area contributed by atoms with Gasteiger partial charge in [0.2, 0.25) is 0 Å². The molecule has 6 nitrogen and oxygen atoms in total. The van der Waals surface area contributed by atoms with Gasteiger partial charge in [0, 0.05) is 22.3 Å². The highest BCUT2D eigenvalue weighted by molar-refractivity contribution is 6.05. The number of benzene rings is 2. The Morgan fingerprint density at radius 3 is 1.44 bits per heavy atom. The minimum Gasteiger partial charge on any atom is -0.245 e. The summed E-state index contributed by atoms with van der Waals surface area (Å²) in [4.78, 5) is 15.8. The second-order valence-corrected chi connectivity index (χ2v) is 6.89. The Morgan fingerprint density at radius 1 is 0.688 bits per heavy atom. The SMILES string of the molecule is [C-]#[N+]/C(C#N)=C1/c2cc(F)ccc2-c2nc3c(nc21)-c1ccc(F)cc1/C3=C(/C#N)[N+]#[C-]. The summed E-state index contributed by atoms with van der Waals surface area (Å²) in [5.74, 6) is -1.10. The Hall–Kier alpha value is -5.18. The highest BCUT2D eigenvalue weighted by Gasteiger charge is 2.36. The maximum Gasteiger partial charge on any atom is 0.271 e. The highest BCUT2D eigenvalue weighted by Crippen LogP contribution is 2.50. The molecule has 0 unspecified atom stereocenters. The van der Waals surface area contributed by atoms with Gasteiger partial charge in [-0.15, -0.1) is 0 Å². The molecule has 5 rings (SSSR count). The van der Waals surface area contributed by atoms with Crippen LogP contribution in [0.1, 0.15) is 22.5 Å². The van der Waals surface area contributed by atoms with Crippen LogP contribution in [0.15, 0.2) is 47.8 Å². The smallest absolute Gasteiger partial charge is 0.245 e. The molecule has 8 heteroatoms. The van der Waals surface area contributed by atoms with E-state index < -0.39 is 11.6 Å². The van der Waals surface area contributed by atoms with Crippen LogP contribution < -0.4 is 0 Å². The third-order valence-corrected chi connectivity index (χ3v) is 5.29. The Bertz CT molecular complexity index is 1480. The minimum absolute atomic E-state index is 0.161. The maximum absolute atomic E-state index is 14.0. The van der Waals surface area contributed by atoms with Crippen LogP contribution in [-0.2, 0) is 0 Å². The minimum atomic E-state index is -0.551. The van der Waals surface area contributed by atoms with E-state index in [2.05, 4.69) is 19.7 Å². The number of rotatable bonds is 0. The molecule has 0 saturated heterocycles. The lowest BCUT2D eigenvalue weighted by Gasteiger charge is -2.06. The lowest BCUT2D eigenvalue weighted by molar-refractivity contribution is 0.627. The van der Waals surface area contributed by atoms with Crippen molar-refractivity contribution in [1.82, 2.24) is 9.97 Å². The zero-order chi connectivity index (χ0) is 22.6. The van der Waals surface area contributed by atoms with Gasteiger partial charge in [0.05, 0.1) is 48.1 Å². The second kappa shape index (κ2) is 6.67. The third-order valence-electron chi connectivity index (χ3n) is 5.29. The fourth-order valence-corrected chi connectivity index (χ4v) is 4.03. The Morgan fingerprint density at radius 2 is 1.09 bits per heavy atom. The Balaban J connectivity index is 1.94. The van der Waals surface area contributed by atoms with Gasteiger partial charge in [-0.3, -0.25) is 0 Å². The predicted molar refractivity (Wildman–Crippen MR) is 109 cm³/mol. The van der Waals surface area contributed by atoms with Gasteiger partial charge in [0.1, 0.15) is 11.6 Å². The van der Waals surface area contributed by atoms with E-state index in [1.807, 2.05) is 12.1 Å². The first-order valence-electron chi connectivity index (χ1n) is 9.09. The van der Waals surface area contributed by atoms with Crippen LogP contribution in [0.3, 0.4) is 0 Å². The summed E-state index contributed by atoms with van der Waals surface area (Å²) < 4.78 is 28.0. The first-order valence-corrected chi connectivity index (χ1v) is 9.09. The molecule has 0 saturated carbocycles. The van der Waals surface area contributed by atoms with Crippen LogP contribution in [0.2, 0.25) is 0 Å². The number of hydrogen-bond acceptors (Lipinski definition) is 4. The average Bonchev–Trinajstić information content (AvgIpc) is 3.26. The van der Waals surface area contributed by atoms with Gasteiger partial charge in [0.25, 0.3) is 11.4 Å². The molecule has 0 spiro atoms. The third kappa shape index (κ3) is 2.39. The number of nitriles is 2. The summed E-state index contributed by atoms with van der Waals surface area (Å²) in [5, 5.41) is 19.0. The number of hydrogen-bond donors (Lipinski definition) is 0. The molecule has 146 valence electrons. The lowest BCUT2D eigenvalue weighted by Crippen LogP contribution is -1.98. The number of nitrogens with zero attached hydrogens (tertiary/aromatic N) is 6. The van der Waals surface area contributed by atoms with Crippen molar-refractivity contribution in [3.63, 3.8) is 0 Å². The second-order valence-electron chi connectivity index (χ2n) is 6.89. The van der Waals surface area contributed by atoms with Crippen molar-refractivity contribution in [3.8, 4) is 34.7 Å². The van der Waals surface area contributed by atoms with Crippen molar-refractivity contribution in [2.24, 2.45) is 0 Å². The van der Waals surface area contributed by atoms with Crippen LogP contribution >= 0.6 is 0 Å². The first-order chi connectivity index (χ1) is 15.5. The van der Waals surface area contributed by atoms with Crippen LogP contribution in [0, 0.1) is 47.4 Å². The van der Waals surface area contributed by atoms with Crippen molar-refractivity contribution >= 4 is 11.1 Å².